The third-order valence-electron chi connectivity index (χ3n) is 2.31. The maximum atomic E-state index is 11.7. The summed E-state index contributed by atoms with van der Waals surface area (Å²) in [7, 11) is -0.00194. The summed E-state index contributed by atoms with van der Waals surface area (Å²) in [5.41, 5.74) is -0.881. The number of hydrogen-bond acceptors (Lipinski definition) is 4. The van der Waals surface area contributed by atoms with Crippen molar-refractivity contribution in [3.8, 4) is 5.75 Å². The van der Waals surface area contributed by atoms with Crippen molar-refractivity contribution < 1.29 is 18.8 Å². The zero-order valence-corrected chi connectivity index (χ0v) is 11.7. The van der Waals surface area contributed by atoms with Crippen LogP contribution in [0.2, 0.25) is 6.55 Å². The SMILES string of the molecule is CO[SiH](C)Oc1ccc(C(=O)C(C)(C)O)cc1. The van der Waals surface area contributed by atoms with Crippen molar-refractivity contribution in [2.24, 2.45) is 0 Å². The van der Waals surface area contributed by atoms with Crippen molar-refractivity contribution in [2.75, 3.05) is 7.11 Å². The molecule has 1 rings (SSSR count). The van der Waals surface area contributed by atoms with Gasteiger partial charge in [-0.15, -0.1) is 0 Å². The fourth-order valence-electron chi connectivity index (χ4n) is 1.28. The highest BCUT2D eigenvalue weighted by Crippen LogP contribution is 2.17. The molecule has 5 heteroatoms. The summed E-state index contributed by atoms with van der Waals surface area (Å²) in [6, 6.07) is 6.71. The molecule has 0 spiro atoms. The summed E-state index contributed by atoms with van der Waals surface area (Å²) in [5, 5.41) is 9.60. The standard InChI is InChI=1S/C12H18O4Si/c1-12(2,14)11(13)9-5-7-10(8-6-9)16-17(4)15-3/h5-8,14,17H,1-4H3. The van der Waals surface area contributed by atoms with Crippen LogP contribution in [0.5, 0.6) is 5.75 Å². The van der Waals surface area contributed by atoms with E-state index in [1.165, 1.54) is 13.8 Å². The molecule has 0 aliphatic heterocycles. The summed E-state index contributed by atoms with van der Waals surface area (Å²) < 4.78 is 10.6. The Morgan fingerprint density at radius 3 is 2.24 bits per heavy atom. The molecule has 0 fully saturated rings. The molecule has 0 heterocycles. The topological polar surface area (TPSA) is 55.8 Å². The quantitative estimate of drug-likeness (QED) is 0.639. The van der Waals surface area contributed by atoms with Gasteiger partial charge < -0.3 is 14.0 Å². The van der Waals surface area contributed by atoms with Gasteiger partial charge in [0.05, 0.1) is 0 Å². The molecule has 1 N–H and O–H groups in total. The minimum Gasteiger partial charge on any atom is -0.522 e. The number of benzene rings is 1. The molecule has 1 aromatic carbocycles. The van der Waals surface area contributed by atoms with Gasteiger partial charge >= 0.3 is 9.28 Å². The molecule has 0 saturated heterocycles. The first-order valence-corrected chi connectivity index (χ1v) is 7.51. The second-order valence-corrected chi connectivity index (χ2v) is 6.18. The van der Waals surface area contributed by atoms with Gasteiger partial charge in [-0.1, -0.05) is 0 Å². The Morgan fingerprint density at radius 1 is 1.29 bits per heavy atom. The van der Waals surface area contributed by atoms with Crippen LogP contribution >= 0.6 is 0 Å². The molecular weight excluding hydrogens is 236 g/mol. The van der Waals surface area contributed by atoms with Crippen molar-refractivity contribution in [1.82, 2.24) is 0 Å². The van der Waals surface area contributed by atoms with E-state index in [4.69, 9.17) is 8.85 Å². The minimum atomic E-state index is -1.62. The van der Waals surface area contributed by atoms with Crippen LogP contribution in [0.25, 0.3) is 0 Å². The van der Waals surface area contributed by atoms with Crippen molar-refractivity contribution >= 4 is 15.1 Å². The molecule has 0 aliphatic carbocycles. The molecule has 17 heavy (non-hydrogen) atoms. The van der Waals surface area contributed by atoms with Crippen LogP contribution in [0, 0.1) is 0 Å². The van der Waals surface area contributed by atoms with Crippen LogP contribution in [0.1, 0.15) is 24.2 Å². The highest BCUT2D eigenvalue weighted by atomic mass is 28.3. The van der Waals surface area contributed by atoms with Gasteiger partial charge in [-0.05, 0) is 44.7 Å². The van der Waals surface area contributed by atoms with E-state index in [9.17, 15) is 9.90 Å². The third kappa shape index (κ3) is 3.96. The number of ketones is 1. The third-order valence-corrected chi connectivity index (χ3v) is 3.57. The monoisotopic (exact) mass is 254 g/mol. The summed E-state index contributed by atoms with van der Waals surface area (Å²) in [6.45, 7) is 4.86. The molecular formula is C12H18O4Si. The summed E-state index contributed by atoms with van der Waals surface area (Å²) in [4.78, 5) is 11.7. The highest BCUT2D eigenvalue weighted by molar-refractivity contribution is 6.43. The lowest BCUT2D eigenvalue weighted by Crippen LogP contribution is -2.31. The molecule has 0 aliphatic rings. The van der Waals surface area contributed by atoms with E-state index in [1.807, 2.05) is 6.55 Å². The maximum absolute atomic E-state index is 11.7. The van der Waals surface area contributed by atoms with Crippen molar-refractivity contribution in [1.29, 1.82) is 0 Å². The van der Waals surface area contributed by atoms with Gasteiger partial charge in [-0.3, -0.25) is 4.79 Å². The second kappa shape index (κ2) is 5.44. The Labute approximate surface area is 103 Å². The average molecular weight is 254 g/mol. The van der Waals surface area contributed by atoms with Crippen LogP contribution in [0.3, 0.4) is 0 Å². The second-order valence-electron chi connectivity index (χ2n) is 4.33. The van der Waals surface area contributed by atoms with E-state index >= 15 is 0 Å². The molecule has 0 saturated carbocycles. The minimum absolute atomic E-state index is 0.305. The Hall–Kier alpha value is -1.17. The molecule has 4 nitrogen and oxygen atoms in total. The van der Waals surface area contributed by atoms with Crippen LogP contribution in [0.4, 0.5) is 0 Å². The number of rotatable bonds is 5. The predicted octanol–water partition coefficient (Wildman–Crippen LogP) is 1.52. The van der Waals surface area contributed by atoms with Crippen molar-refractivity contribution in [3.63, 3.8) is 0 Å². The van der Waals surface area contributed by atoms with Gasteiger partial charge in [0.2, 0.25) is 0 Å². The number of Topliss-reactive ketones (excluding diaryl/α,β-unsaturated/α-hetero) is 1. The number of carbonyl (C=O) groups excluding carboxylic acids is 1. The van der Waals surface area contributed by atoms with Gasteiger partial charge in [0.15, 0.2) is 5.78 Å². The van der Waals surface area contributed by atoms with E-state index in [1.54, 1.807) is 31.4 Å². The molecule has 1 unspecified atom stereocenters. The number of aliphatic hydroxyl groups is 1. The van der Waals surface area contributed by atoms with E-state index in [-0.39, 0.29) is 5.78 Å². The lowest BCUT2D eigenvalue weighted by Gasteiger charge is -2.16. The molecule has 0 aromatic heterocycles. The fraction of sp³-hybridized carbons (Fsp3) is 0.417. The zero-order chi connectivity index (χ0) is 13.1. The van der Waals surface area contributed by atoms with Gasteiger partial charge in [0, 0.05) is 12.7 Å². The normalized spacial score (nSPS) is 13.2. The molecule has 94 valence electrons. The summed E-state index contributed by atoms with van der Waals surface area (Å²) in [6.07, 6.45) is 0. The molecule has 0 bridgehead atoms. The van der Waals surface area contributed by atoms with Gasteiger partial charge in [-0.2, -0.15) is 0 Å². The van der Waals surface area contributed by atoms with Crippen LogP contribution in [0.15, 0.2) is 24.3 Å². The molecule has 1 atom stereocenters. The van der Waals surface area contributed by atoms with E-state index in [0.29, 0.717) is 11.3 Å². The smallest absolute Gasteiger partial charge is 0.378 e. The summed E-state index contributed by atoms with van der Waals surface area (Å²) in [5.74, 6) is 0.374. The molecule has 1 aromatic rings. The van der Waals surface area contributed by atoms with Crippen LogP contribution in [-0.4, -0.2) is 32.9 Å². The number of carbonyl (C=O) groups is 1. The molecule has 0 amide bonds. The van der Waals surface area contributed by atoms with Gasteiger partial charge in [0.25, 0.3) is 0 Å². The van der Waals surface area contributed by atoms with Crippen molar-refractivity contribution in [3.05, 3.63) is 29.8 Å². The first-order chi connectivity index (χ1) is 7.84. The largest absolute Gasteiger partial charge is 0.522 e. The Morgan fingerprint density at radius 2 is 1.82 bits per heavy atom. The Balaban J connectivity index is 2.78. The van der Waals surface area contributed by atoms with Crippen molar-refractivity contribution in [2.45, 2.75) is 26.0 Å². The Kier molecular flexibility index (Phi) is 4.44. The van der Waals surface area contributed by atoms with E-state index in [0.717, 1.165) is 0 Å². The van der Waals surface area contributed by atoms with Gasteiger partial charge in [0.1, 0.15) is 11.4 Å². The zero-order valence-electron chi connectivity index (χ0n) is 10.6. The number of hydrogen-bond donors (Lipinski definition) is 1. The van der Waals surface area contributed by atoms with E-state index < -0.39 is 14.9 Å². The first kappa shape index (κ1) is 13.9. The predicted molar refractivity (Wildman–Crippen MR) is 67.7 cm³/mol. The van der Waals surface area contributed by atoms with Crippen LogP contribution in [-0.2, 0) is 4.43 Å². The maximum Gasteiger partial charge on any atom is 0.378 e. The lowest BCUT2D eigenvalue weighted by molar-refractivity contribution is 0.0488. The fourth-order valence-corrected chi connectivity index (χ4v) is 1.91. The molecule has 0 radical (unpaired) electrons. The highest BCUT2D eigenvalue weighted by Gasteiger charge is 2.24. The Bertz CT molecular complexity index is 380. The van der Waals surface area contributed by atoms with Gasteiger partial charge in [-0.25, -0.2) is 0 Å². The average Bonchev–Trinajstić information content (AvgIpc) is 2.27. The lowest BCUT2D eigenvalue weighted by atomic mass is 9.97. The van der Waals surface area contributed by atoms with E-state index in [2.05, 4.69) is 0 Å². The van der Waals surface area contributed by atoms with Crippen LogP contribution < -0.4 is 4.43 Å². The first-order valence-electron chi connectivity index (χ1n) is 5.41. The summed E-state index contributed by atoms with van der Waals surface area (Å²) >= 11 is 0.